The molecule has 8 nitrogen and oxygen atoms in total. The Bertz CT molecular complexity index is 1510. The first-order valence-electron chi connectivity index (χ1n) is 12.9. The van der Waals surface area contributed by atoms with Crippen molar-refractivity contribution >= 4 is 50.3 Å². The Balaban J connectivity index is 1.55. The molecule has 0 spiro atoms. The van der Waals surface area contributed by atoms with E-state index in [0.717, 1.165) is 18.5 Å². The van der Waals surface area contributed by atoms with E-state index in [-0.39, 0.29) is 16.9 Å². The molecule has 2 aliphatic heterocycles. The highest BCUT2D eigenvalue weighted by molar-refractivity contribution is 8.26. The summed E-state index contributed by atoms with van der Waals surface area (Å²) in [5, 5.41) is 4.82. The number of carbonyl (C=O) groups is 1. The van der Waals surface area contributed by atoms with Crippen LogP contribution in [0.25, 0.3) is 23.0 Å². The van der Waals surface area contributed by atoms with Crippen LogP contribution in [0, 0.1) is 0 Å². The molecule has 1 unspecified atom stereocenters. The molecule has 204 valence electrons. The van der Waals surface area contributed by atoms with Crippen LogP contribution in [0.2, 0.25) is 0 Å². The van der Waals surface area contributed by atoms with Gasteiger partial charge >= 0.3 is 0 Å². The molecule has 3 aromatic rings. The summed E-state index contributed by atoms with van der Waals surface area (Å²) >= 11 is 6.80. The normalized spacial score (nSPS) is 19.1. The average Bonchev–Trinajstić information content (AvgIpc) is 3.67. The number of para-hydroxylation sites is 1. The van der Waals surface area contributed by atoms with E-state index in [0.29, 0.717) is 52.3 Å². The van der Waals surface area contributed by atoms with Gasteiger partial charge in [-0.25, -0.2) is 13.1 Å². The monoisotopic (exact) mass is 582 g/mol. The Labute approximate surface area is 238 Å². The second-order valence-electron chi connectivity index (χ2n) is 9.26. The molecule has 2 aromatic carbocycles. The van der Waals surface area contributed by atoms with Crippen molar-refractivity contribution in [3.63, 3.8) is 0 Å². The summed E-state index contributed by atoms with van der Waals surface area (Å²) in [5.74, 6) is -0.156. The minimum absolute atomic E-state index is 0.00117. The average molecular weight is 583 g/mol. The first kappa shape index (κ1) is 27.7. The molecular weight excluding hydrogens is 553 g/mol. The number of benzene rings is 2. The van der Waals surface area contributed by atoms with Gasteiger partial charge in [-0.1, -0.05) is 68.2 Å². The summed E-state index contributed by atoms with van der Waals surface area (Å²) in [4.78, 5) is 15.7. The van der Waals surface area contributed by atoms with Crippen molar-refractivity contribution in [3.8, 4) is 16.9 Å². The number of carbonyl (C=O) groups excluding carboxylic acids is 1. The largest absolute Gasteiger partial charge is 0.376 e. The molecular formula is C28H30N4O4S3. The van der Waals surface area contributed by atoms with E-state index in [1.54, 1.807) is 33.9 Å². The first-order chi connectivity index (χ1) is 18.8. The van der Waals surface area contributed by atoms with E-state index in [1.165, 1.54) is 16.1 Å². The number of thiocarbonyl (C=S) groups is 1. The van der Waals surface area contributed by atoms with Crippen LogP contribution in [-0.4, -0.2) is 70.0 Å². The molecule has 0 bridgehead atoms. The molecule has 2 fully saturated rings. The molecule has 5 rings (SSSR count). The van der Waals surface area contributed by atoms with Crippen molar-refractivity contribution in [1.29, 1.82) is 0 Å². The summed E-state index contributed by atoms with van der Waals surface area (Å²) in [6.07, 6.45) is 5.54. The van der Waals surface area contributed by atoms with Gasteiger partial charge in [0.15, 0.2) is 0 Å². The number of sulfonamides is 1. The number of nitrogens with zero attached hydrogens (tertiary/aromatic N) is 4. The Morgan fingerprint density at radius 3 is 2.62 bits per heavy atom. The third-order valence-electron chi connectivity index (χ3n) is 6.78. The smallest absolute Gasteiger partial charge is 0.266 e. The van der Waals surface area contributed by atoms with Crippen LogP contribution >= 0.6 is 24.0 Å². The highest BCUT2D eigenvalue weighted by Gasteiger charge is 2.35. The highest BCUT2D eigenvalue weighted by Crippen LogP contribution is 2.36. The molecule has 0 N–H and O–H groups in total. The Hall–Kier alpha value is -2.83. The van der Waals surface area contributed by atoms with Crippen LogP contribution in [-0.2, 0) is 19.6 Å². The minimum Gasteiger partial charge on any atom is -0.376 e. The fraction of sp³-hybridized carbons (Fsp3) is 0.321. The molecule has 1 atom stereocenters. The zero-order valence-corrected chi connectivity index (χ0v) is 24.3. The van der Waals surface area contributed by atoms with E-state index in [4.69, 9.17) is 22.1 Å². The lowest BCUT2D eigenvalue weighted by Crippen LogP contribution is -2.35. The van der Waals surface area contributed by atoms with Gasteiger partial charge in [0.25, 0.3) is 5.91 Å². The zero-order valence-electron chi connectivity index (χ0n) is 21.8. The molecule has 2 aliphatic rings. The van der Waals surface area contributed by atoms with E-state index in [2.05, 4.69) is 0 Å². The molecule has 11 heteroatoms. The summed E-state index contributed by atoms with van der Waals surface area (Å²) < 4.78 is 35.9. The van der Waals surface area contributed by atoms with Crippen molar-refractivity contribution in [2.75, 3.05) is 26.2 Å². The number of amides is 1. The van der Waals surface area contributed by atoms with Crippen LogP contribution in [0.15, 0.2) is 70.6 Å². The van der Waals surface area contributed by atoms with E-state index in [9.17, 15) is 13.2 Å². The van der Waals surface area contributed by atoms with Crippen LogP contribution in [0.5, 0.6) is 0 Å². The Morgan fingerprint density at radius 1 is 1.15 bits per heavy atom. The zero-order chi connectivity index (χ0) is 27.6. The number of rotatable bonds is 9. The topological polar surface area (TPSA) is 84.7 Å². The minimum atomic E-state index is -3.66. The Morgan fingerprint density at radius 2 is 1.92 bits per heavy atom. The van der Waals surface area contributed by atoms with Crippen molar-refractivity contribution in [1.82, 2.24) is 19.0 Å². The number of hydrogen-bond acceptors (Lipinski definition) is 7. The van der Waals surface area contributed by atoms with Crippen molar-refractivity contribution in [2.24, 2.45) is 0 Å². The molecule has 0 radical (unpaired) electrons. The quantitative estimate of drug-likeness (QED) is 0.261. The molecule has 3 heterocycles. The van der Waals surface area contributed by atoms with E-state index in [1.807, 2.05) is 56.4 Å². The van der Waals surface area contributed by atoms with Gasteiger partial charge in [0.1, 0.15) is 10.0 Å². The third kappa shape index (κ3) is 5.73. The maximum absolute atomic E-state index is 13.3. The van der Waals surface area contributed by atoms with Crippen molar-refractivity contribution in [3.05, 3.63) is 71.3 Å². The number of thioether (sulfide) groups is 1. The van der Waals surface area contributed by atoms with Crippen LogP contribution in [0.1, 0.15) is 32.3 Å². The fourth-order valence-electron chi connectivity index (χ4n) is 4.74. The lowest BCUT2D eigenvalue weighted by Gasteiger charge is -2.18. The van der Waals surface area contributed by atoms with Gasteiger partial charge in [0.05, 0.1) is 28.1 Å². The van der Waals surface area contributed by atoms with E-state index >= 15 is 0 Å². The molecule has 0 saturated carbocycles. The summed E-state index contributed by atoms with van der Waals surface area (Å²) in [6.45, 7) is 5.55. The molecule has 0 aliphatic carbocycles. The van der Waals surface area contributed by atoms with Gasteiger partial charge in [-0.15, -0.1) is 0 Å². The lowest BCUT2D eigenvalue weighted by atomic mass is 10.1. The molecule has 1 aromatic heterocycles. The van der Waals surface area contributed by atoms with Crippen LogP contribution in [0.4, 0.5) is 0 Å². The lowest BCUT2D eigenvalue weighted by molar-refractivity contribution is -0.123. The number of ether oxygens (including phenoxy) is 1. The molecule has 39 heavy (non-hydrogen) atoms. The number of hydrogen-bond donors (Lipinski definition) is 0. The van der Waals surface area contributed by atoms with Gasteiger partial charge in [0, 0.05) is 37.0 Å². The first-order valence-corrected chi connectivity index (χ1v) is 15.6. The van der Waals surface area contributed by atoms with Gasteiger partial charge in [-0.05, 0) is 43.2 Å². The van der Waals surface area contributed by atoms with E-state index < -0.39 is 10.0 Å². The summed E-state index contributed by atoms with van der Waals surface area (Å²) in [7, 11) is -3.66. The highest BCUT2D eigenvalue weighted by atomic mass is 32.2. The maximum Gasteiger partial charge on any atom is 0.266 e. The molecule has 1 amide bonds. The van der Waals surface area contributed by atoms with Crippen molar-refractivity contribution in [2.45, 2.75) is 37.7 Å². The Kier molecular flexibility index (Phi) is 8.34. The second kappa shape index (κ2) is 11.7. The molecule has 2 saturated heterocycles. The van der Waals surface area contributed by atoms with Gasteiger partial charge in [-0.2, -0.15) is 9.40 Å². The summed E-state index contributed by atoms with van der Waals surface area (Å²) in [6, 6.07) is 16.4. The number of aromatic nitrogens is 2. The van der Waals surface area contributed by atoms with Gasteiger partial charge in [0.2, 0.25) is 10.0 Å². The van der Waals surface area contributed by atoms with Gasteiger partial charge < -0.3 is 4.74 Å². The third-order valence-corrected chi connectivity index (χ3v) is 10.2. The van der Waals surface area contributed by atoms with Gasteiger partial charge in [-0.3, -0.25) is 9.69 Å². The summed E-state index contributed by atoms with van der Waals surface area (Å²) in [5.41, 5.74) is 2.74. The standard InChI is InChI=1S/C28H30N4O4S3/c1-3-30(4-2)39(34,35)24-14-8-10-20(16-24)26-21(18-32(29-26)22-11-6-5-7-12-22)17-25-27(33)31(28(37)38-25)19-23-13-9-15-36-23/h5-8,10-12,14,16-18,23H,3-4,9,13,15,19H2,1-2H3/b25-17-. The predicted octanol–water partition coefficient (Wildman–Crippen LogP) is 4.95. The predicted molar refractivity (Wildman–Crippen MR) is 158 cm³/mol. The van der Waals surface area contributed by atoms with Crippen LogP contribution in [0.3, 0.4) is 0 Å². The SMILES string of the molecule is CCN(CC)S(=O)(=O)c1cccc(-c2nn(-c3ccccc3)cc2/C=C2\SC(=S)N(CC3CCCO3)C2=O)c1. The second-order valence-corrected chi connectivity index (χ2v) is 12.9. The fourth-order valence-corrected chi connectivity index (χ4v) is 7.51. The van der Waals surface area contributed by atoms with Crippen LogP contribution < -0.4 is 0 Å². The van der Waals surface area contributed by atoms with Crippen molar-refractivity contribution < 1.29 is 17.9 Å². The maximum atomic E-state index is 13.3.